The molecular weight excluding hydrogens is 380 g/mol. The lowest BCUT2D eigenvalue weighted by Crippen LogP contribution is -2.30. The number of pyridine rings is 2. The molecule has 7 heteroatoms. The molecule has 3 aromatic heterocycles. The molecular formula is C23H28N4O3. The van der Waals surface area contributed by atoms with Crippen molar-refractivity contribution in [3.63, 3.8) is 0 Å². The highest BCUT2D eigenvalue weighted by Crippen LogP contribution is 2.35. The number of rotatable bonds is 7. The van der Waals surface area contributed by atoms with E-state index in [0.717, 1.165) is 40.2 Å². The molecule has 0 amide bonds. The van der Waals surface area contributed by atoms with Crippen molar-refractivity contribution in [2.75, 3.05) is 32.8 Å². The third-order valence-corrected chi connectivity index (χ3v) is 6.09. The summed E-state index contributed by atoms with van der Waals surface area (Å²) in [6.45, 7) is 3.80. The first-order valence-electron chi connectivity index (χ1n) is 10.5. The Hall–Kier alpha value is -2.48. The summed E-state index contributed by atoms with van der Waals surface area (Å²) in [5.74, 6) is 1.76. The Morgan fingerprint density at radius 3 is 2.83 bits per heavy atom. The fourth-order valence-electron chi connectivity index (χ4n) is 4.18. The van der Waals surface area contributed by atoms with Crippen LogP contribution in [0.3, 0.4) is 0 Å². The molecule has 1 aliphatic heterocycles. The van der Waals surface area contributed by atoms with Gasteiger partial charge in [0.1, 0.15) is 17.2 Å². The molecule has 1 saturated heterocycles. The topological polar surface area (TPSA) is 70.4 Å². The van der Waals surface area contributed by atoms with Crippen LogP contribution in [-0.2, 0) is 26.4 Å². The van der Waals surface area contributed by atoms with Crippen LogP contribution in [0, 0.1) is 6.92 Å². The molecule has 1 aliphatic carbocycles. The Bertz CT molecular complexity index is 1070. The van der Waals surface area contributed by atoms with Gasteiger partial charge in [-0.2, -0.15) is 0 Å². The quantitative estimate of drug-likeness (QED) is 0.643. The lowest BCUT2D eigenvalue weighted by Gasteiger charge is -2.26. The highest BCUT2D eigenvalue weighted by atomic mass is 16.5. The molecule has 2 aliphatic rings. The number of hydrogen-bond acceptors (Lipinski definition) is 6. The molecule has 0 aromatic carbocycles. The van der Waals surface area contributed by atoms with E-state index in [2.05, 4.69) is 46.2 Å². The Balaban J connectivity index is 1.64. The summed E-state index contributed by atoms with van der Waals surface area (Å²) in [4.78, 5) is 9.64. The van der Waals surface area contributed by atoms with E-state index in [0.29, 0.717) is 25.9 Å². The van der Waals surface area contributed by atoms with E-state index in [1.807, 2.05) is 6.20 Å². The van der Waals surface area contributed by atoms with Gasteiger partial charge in [0, 0.05) is 57.1 Å². The molecule has 4 heterocycles. The van der Waals surface area contributed by atoms with Crippen LogP contribution in [0.5, 0.6) is 0 Å². The Morgan fingerprint density at radius 1 is 1.27 bits per heavy atom. The number of methoxy groups -OCH3 is 2. The van der Waals surface area contributed by atoms with Gasteiger partial charge in [-0.3, -0.25) is 0 Å². The molecule has 0 bridgehead atoms. The van der Waals surface area contributed by atoms with E-state index in [1.165, 1.54) is 18.4 Å². The van der Waals surface area contributed by atoms with Crippen LogP contribution >= 0.6 is 0 Å². The van der Waals surface area contributed by atoms with E-state index in [9.17, 15) is 0 Å². The van der Waals surface area contributed by atoms with Crippen LogP contribution in [0.15, 0.2) is 30.6 Å². The van der Waals surface area contributed by atoms with Crippen molar-refractivity contribution in [3.05, 3.63) is 47.4 Å². The van der Waals surface area contributed by atoms with E-state index >= 15 is 0 Å². The van der Waals surface area contributed by atoms with Crippen molar-refractivity contribution in [3.8, 4) is 5.82 Å². The third kappa shape index (κ3) is 3.47. The largest absolute Gasteiger partial charge is 0.380 e. The van der Waals surface area contributed by atoms with Crippen molar-refractivity contribution in [2.45, 2.75) is 44.4 Å². The van der Waals surface area contributed by atoms with Crippen molar-refractivity contribution in [2.24, 2.45) is 0 Å². The number of hydrogen-bond donors (Lipinski definition) is 1. The summed E-state index contributed by atoms with van der Waals surface area (Å²) < 4.78 is 19.2. The van der Waals surface area contributed by atoms with Gasteiger partial charge in [0.15, 0.2) is 0 Å². The Kier molecular flexibility index (Phi) is 4.97. The molecule has 158 valence electrons. The molecule has 1 N–H and O–H groups in total. The highest BCUT2D eigenvalue weighted by Gasteiger charge is 2.39. The monoisotopic (exact) mass is 408 g/mol. The number of nitrogens with one attached hydrogen (secondary N) is 1. The van der Waals surface area contributed by atoms with Crippen LogP contribution < -0.4 is 5.32 Å². The van der Waals surface area contributed by atoms with Gasteiger partial charge < -0.3 is 24.1 Å². The highest BCUT2D eigenvalue weighted by molar-refractivity contribution is 5.86. The number of anilines is 1. The molecule has 1 unspecified atom stereocenters. The lowest BCUT2D eigenvalue weighted by atomic mass is 9.96. The minimum Gasteiger partial charge on any atom is -0.380 e. The third-order valence-electron chi connectivity index (χ3n) is 6.09. The molecule has 2 fully saturated rings. The second-order valence-corrected chi connectivity index (χ2v) is 8.34. The van der Waals surface area contributed by atoms with Crippen molar-refractivity contribution in [1.29, 1.82) is 0 Å². The molecule has 7 nitrogen and oxygen atoms in total. The van der Waals surface area contributed by atoms with Crippen molar-refractivity contribution in [1.82, 2.24) is 14.5 Å². The normalized spacial score (nSPS) is 21.4. The van der Waals surface area contributed by atoms with Crippen LogP contribution in [0.25, 0.3) is 16.7 Å². The average Bonchev–Trinajstić information content (AvgIpc) is 3.32. The van der Waals surface area contributed by atoms with Crippen LogP contribution in [0.2, 0.25) is 0 Å². The molecule has 5 rings (SSSR count). The van der Waals surface area contributed by atoms with Crippen molar-refractivity contribution < 1.29 is 14.2 Å². The summed E-state index contributed by atoms with van der Waals surface area (Å²) in [5, 5.41) is 4.62. The molecule has 30 heavy (non-hydrogen) atoms. The summed E-state index contributed by atoms with van der Waals surface area (Å²) in [6.07, 6.45) is 7.29. The van der Waals surface area contributed by atoms with E-state index in [4.69, 9.17) is 19.2 Å². The first-order valence-corrected chi connectivity index (χ1v) is 10.5. The average molecular weight is 409 g/mol. The predicted molar refractivity (Wildman–Crippen MR) is 115 cm³/mol. The number of aryl methyl sites for hydroxylation is 1. The lowest BCUT2D eigenvalue weighted by molar-refractivity contribution is -0.0247. The molecule has 1 saturated carbocycles. The van der Waals surface area contributed by atoms with Gasteiger partial charge >= 0.3 is 0 Å². The maximum absolute atomic E-state index is 5.91. The molecule has 1 atom stereocenters. The van der Waals surface area contributed by atoms with E-state index in [-0.39, 0.29) is 0 Å². The smallest absolute Gasteiger partial charge is 0.137 e. The summed E-state index contributed by atoms with van der Waals surface area (Å²) in [7, 11) is 3.44. The predicted octanol–water partition coefficient (Wildman–Crippen LogP) is 3.71. The van der Waals surface area contributed by atoms with Crippen molar-refractivity contribution >= 4 is 16.7 Å². The number of fused-ring (bicyclic) bond motifs is 1. The van der Waals surface area contributed by atoms with E-state index < -0.39 is 5.60 Å². The maximum atomic E-state index is 5.91. The van der Waals surface area contributed by atoms with Gasteiger partial charge in [0.25, 0.3) is 0 Å². The van der Waals surface area contributed by atoms with Gasteiger partial charge in [0.2, 0.25) is 0 Å². The van der Waals surface area contributed by atoms with Crippen LogP contribution in [-0.4, -0.2) is 48.0 Å². The molecule has 3 aromatic rings. The maximum Gasteiger partial charge on any atom is 0.137 e. The van der Waals surface area contributed by atoms with Crippen LogP contribution in [0.4, 0.5) is 5.82 Å². The fraction of sp³-hybridized carbons (Fsp3) is 0.478. The summed E-state index contributed by atoms with van der Waals surface area (Å²) >= 11 is 0. The second-order valence-electron chi connectivity index (χ2n) is 8.34. The Labute approximate surface area is 176 Å². The first kappa shape index (κ1) is 19.5. The molecule has 0 spiro atoms. The second kappa shape index (κ2) is 7.65. The number of aromatic nitrogens is 3. The minimum absolute atomic E-state index is 0.511. The van der Waals surface area contributed by atoms with Gasteiger partial charge in [-0.05, 0) is 43.0 Å². The fourth-order valence-corrected chi connectivity index (χ4v) is 4.18. The molecule has 0 radical (unpaired) electrons. The summed E-state index contributed by atoms with van der Waals surface area (Å²) in [5.41, 5.74) is 3.69. The minimum atomic E-state index is -0.517. The number of nitrogens with zero attached hydrogens (tertiary/aromatic N) is 3. The SMILES string of the molecule is COCc1cc(-n2cc(C)c3cnc(NC4CC4)cc32)nc(C2(OC)CCOC2)c1. The zero-order chi connectivity index (χ0) is 20.7. The van der Waals surface area contributed by atoms with Gasteiger partial charge in [-0.15, -0.1) is 0 Å². The van der Waals surface area contributed by atoms with Gasteiger partial charge in [-0.25, -0.2) is 9.97 Å². The summed E-state index contributed by atoms with van der Waals surface area (Å²) in [6, 6.07) is 6.83. The zero-order valence-electron chi connectivity index (χ0n) is 17.8. The van der Waals surface area contributed by atoms with E-state index in [1.54, 1.807) is 14.2 Å². The van der Waals surface area contributed by atoms with Crippen LogP contribution in [0.1, 0.15) is 36.1 Å². The Morgan fingerprint density at radius 2 is 2.13 bits per heavy atom. The standard InChI is InChI=1S/C23H28N4O3/c1-15-12-27(19-10-21(24-11-18(15)19)25-17-4-5-17)22-9-16(13-28-2)8-20(26-22)23(29-3)6-7-30-14-23/h8-12,17H,4-7,13-14H2,1-3H3,(H,24,25). The number of ether oxygens (including phenoxy) is 3. The zero-order valence-corrected chi connectivity index (χ0v) is 17.8. The van der Waals surface area contributed by atoms with Gasteiger partial charge in [-0.1, -0.05) is 0 Å². The first-order chi connectivity index (χ1) is 14.6. The van der Waals surface area contributed by atoms with Gasteiger partial charge in [0.05, 0.1) is 24.4 Å².